The summed E-state index contributed by atoms with van der Waals surface area (Å²) in [5.74, 6) is -0.0483. The summed E-state index contributed by atoms with van der Waals surface area (Å²) >= 11 is 11.8. The van der Waals surface area contributed by atoms with Crippen molar-refractivity contribution >= 4 is 46.5 Å². The number of oxime groups is 1. The summed E-state index contributed by atoms with van der Waals surface area (Å²) in [5, 5.41) is 7.08. The predicted molar refractivity (Wildman–Crippen MR) is 107 cm³/mol. The van der Waals surface area contributed by atoms with Gasteiger partial charge in [0, 0.05) is 10.6 Å². The number of ether oxygens (including phenoxy) is 3. The van der Waals surface area contributed by atoms with Gasteiger partial charge in [0.25, 0.3) is 5.91 Å². The van der Waals surface area contributed by atoms with E-state index < -0.39 is 25.1 Å². The molecule has 152 valence electrons. The number of amides is 1. The van der Waals surface area contributed by atoms with E-state index in [1.807, 2.05) is 0 Å². The summed E-state index contributed by atoms with van der Waals surface area (Å²) in [5.41, 5.74) is 1.60. The van der Waals surface area contributed by atoms with Crippen molar-refractivity contribution in [3.63, 3.8) is 0 Å². The Bertz CT molecular complexity index is 964. The van der Waals surface area contributed by atoms with Crippen molar-refractivity contribution in [1.82, 2.24) is 0 Å². The Hall–Kier alpha value is -2.97. The number of esters is 1. The van der Waals surface area contributed by atoms with Crippen LogP contribution in [0, 0.1) is 0 Å². The van der Waals surface area contributed by atoms with E-state index in [0.29, 0.717) is 32.9 Å². The topological polar surface area (TPSA) is 95.5 Å². The summed E-state index contributed by atoms with van der Waals surface area (Å²) in [6.45, 7) is 0.933. The smallest absolute Gasteiger partial charge is 0.347 e. The summed E-state index contributed by atoms with van der Waals surface area (Å²) in [6.07, 6.45) is 0. The molecular weight excluding hydrogens is 423 g/mol. The van der Waals surface area contributed by atoms with Gasteiger partial charge in [-0.15, -0.1) is 0 Å². The molecule has 2 aromatic carbocycles. The average molecular weight is 439 g/mol. The maximum Gasteiger partial charge on any atom is 0.347 e. The standard InChI is InChI=1S/C19H16Cl2N2O6/c1-11(12-2-5-16-17(6-12)28-10-27-16)23-29-9-19(25)26-8-18(24)22-15-7-13(20)3-4-14(15)21/h2-7H,8-10H2,1H3,(H,22,24)/b23-11+. The van der Waals surface area contributed by atoms with Crippen LogP contribution in [-0.2, 0) is 19.2 Å². The Kier molecular flexibility index (Phi) is 6.79. The van der Waals surface area contributed by atoms with E-state index in [0.717, 1.165) is 5.56 Å². The minimum absolute atomic E-state index is 0.175. The van der Waals surface area contributed by atoms with Gasteiger partial charge in [-0.05, 0) is 43.3 Å². The summed E-state index contributed by atoms with van der Waals surface area (Å²) < 4.78 is 15.4. The number of carbonyl (C=O) groups is 2. The summed E-state index contributed by atoms with van der Waals surface area (Å²) in [4.78, 5) is 28.6. The molecule has 1 aliphatic rings. The van der Waals surface area contributed by atoms with Crippen LogP contribution in [0.4, 0.5) is 5.69 Å². The first-order valence-corrected chi connectivity index (χ1v) is 9.15. The monoisotopic (exact) mass is 438 g/mol. The predicted octanol–water partition coefficient (Wildman–Crippen LogP) is 3.64. The van der Waals surface area contributed by atoms with E-state index in [1.54, 1.807) is 37.3 Å². The summed E-state index contributed by atoms with van der Waals surface area (Å²) in [6, 6.07) is 9.92. The fourth-order valence-electron chi connectivity index (χ4n) is 2.32. The van der Waals surface area contributed by atoms with E-state index in [9.17, 15) is 9.59 Å². The highest BCUT2D eigenvalue weighted by atomic mass is 35.5. The molecule has 0 bridgehead atoms. The Morgan fingerprint density at radius 1 is 1.10 bits per heavy atom. The number of hydrogen-bond donors (Lipinski definition) is 1. The highest BCUT2D eigenvalue weighted by Crippen LogP contribution is 2.32. The van der Waals surface area contributed by atoms with Crippen molar-refractivity contribution in [3.8, 4) is 11.5 Å². The maximum atomic E-state index is 11.9. The molecule has 1 aliphatic heterocycles. The number of halogens is 2. The fraction of sp³-hybridized carbons (Fsp3) is 0.211. The zero-order chi connectivity index (χ0) is 20.8. The quantitative estimate of drug-likeness (QED) is 0.402. The molecule has 8 nitrogen and oxygen atoms in total. The minimum atomic E-state index is -0.750. The van der Waals surface area contributed by atoms with Crippen LogP contribution >= 0.6 is 23.2 Å². The van der Waals surface area contributed by atoms with E-state index in [4.69, 9.17) is 42.3 Å². The third kappa shape index (κ3) is 5.75. The zero-order valence-corrected chi connectivity index (χ0v) is 16.7. The van der Waals surface area contributed by atoms with Gasteiger partial charge in [0.15, 0.2) is 18.1 Å². The minimum Gasteiger partial charge on any atom is -0.454 e. The van der Waals surface area contributed by atoms with Crippen LogP contribution in [0.5, 0.6) is 11.5 Å². The Morgan fingerprint density at radius 3 is 2.72 bits per heavy atom. The van der Waals surface area contributed by atoms with Gasteiger partial charge in [-0.1, -0.05) is 28.4 Å². The van der Waals surface area contributed by atoms with Gasteiger partial charge in [0.1, 0.15) is 0 Å². The SMILES string of the molecule is C/C(=N\OCC(=O)OCC(=O)Nc1cc(Cl)ccc1Cl)c1ccc2c(c1)OCO2. The molecule has 0 fully saturated rings. The van der Waals surface area contributed by atoms with E-state index >= 15 is 0 Å². The van der Waals surface area contributed by atoms with Gasteiger partial charge in [-0.25, -0.2) is 4.79 Å². The lowest BCUT2D eigenvalue weighted by Gasteiger charge is -2.08. The number of nitrogens with one attached hydrogen (secondary N) is 1. The molecule has 10 heteroatoms. The van der Waals surface area contributed by atoms with Gasteiger partial charge in [-0.2, -0.15) is 0 Å². The molecule has 0 aliphatic carbocycles. The van der Waals surface area contributed by atoms with E-state index in [-0.39, 0.29) is 6.79 Å². The second-order valence-corrected chi connectivity index (χ2v) is 6.69. The number of nitrogens with zero attached hydrogens (tertiary/aromatic N) is 1. The Labute approximate surface area is 176 Å². The first-order chi connectivity index (χ1) is 13.9. The second-order valence-electron chi connectivity index (χ2n) is 5.85. The molecule has 0 atom stereocenters. The van der Waals surface area contributed by atoms with Crippen LogP contribution in [0.2, 0.25) is 10.0 Å². The van der Waals surface area contributed by atoms with Gasteiger partial charge in [0.2, 0.25) is 13.4 Å². The molecule has 2 aromatic rings. The summed E-state index contributed by atoms with van der Waals surface area (Å²) in [7, 11) is 0. The van der Waals surface area contributed by atoms with Gasteiger partial charge in [0.05, 0.1) is 16.4 Å². The molecule has 1 heterocycles. The number of fused-ring (bicyclic) bond motifs is 1. The number of anilines is 1. The average Bonchev–Trinajstić information content (AvgIpc) is 3.17. The number of carbonyl (C=O) groups excluding carboxylic acids is 2. The van der Waals surface area contributed by atoms with Crippen LogP contribution < -0.4 is 14.8 Å². The number of benzene rings is 2. The molecule has 1 N–H and O–H groups in total. The van der Waals surface area contributed by atoms with Crippen molar-refractivity contribution < 1.29 is 28.6 Å². The highest BCUT2D eigenvalue weighted by Gasteiger charge is 2.14. The Morgan fingerprint density at radius 2 is 1.90 bits per heavy atom. The third-order valence-electron chi connectivity index (χ3n) is 3.74. The van der Waals surface area contributed by atoms with E-state index in [1.165, 1.54) is 6.07 Å². The van der Waals surface area contributed by atoms with Crippen molar-refractivity contribution in [3.05, 3.63) is 52.0 Å². The van der Waals surface area contributed by atoms with Crippen LogP contribution in [0.25, 0.3) is 0 Å². The van der Waals surface area contributed by atoms with Crippen molar-refractivity contribution in [2.24, 2.45) is 5.16 Å². The maximum absolute atomic E-state index is 11.9. The fourth-order valence-corrected chi connectivity index (χ4v) is 2.66. The molecule has 0 spiro atoms. The van der Waals surface area contributed by atoms with Gasteiger partial charge >= 0.3 is 5.97 Å². The third-order valence-corrected chi connectivity index (χ3v) is 4.31. The van der Waals surface area contributed by atoms with Crippen molar-refractivity contribution in [2.45, 2.75) is 6.92 Å². The van der Waals surface area contributed by atoms with Crippen molar-refractivity contribution in [2.75, 3.05) is 25.3 Å². The molecule has 3 rings (SSSR count). The normalized spacial score (nSPS) is 12.4. The molecule has 0 aromatic heterocycles. The van der Waals surface area contributed by atoms with Gasteiger partial charge < -0.3 is 24.4 Å². The number of rotatable bonds is 7. The second kappa shape index (κ2) is 9.49. The van der Waals surface area contributed by atoms with Gasteiger partial charge in [-0.3, -0.25) is 4.79 Å². The lowest BCUT2D eigenvalue weighted by Crippen LogP contribution is -2.22. The van der Waals surface area contributed by atoms with Crippen LogP contribution in [-0.4, -0.2) is 37.6 Å². The first-order valence-electron chi connectivity index (χ1n) is 8.39. The lowest BCUT2D eigenvalue weighted by atomic mass is 10.1. The molecule has 29 heavy (non-hydrogen) atoms. The number of hydrogen-bond acceptors (Lipinski definition) is 7. The molecule has 0 saturated heterocycles. The molecule has 0 radical (unpaired) electrons. The first kappa shape index (κ1) is 20.8. The van der Waals surface area contributed by atoms with Crippen molar-refractivity contribution in [1.29, 1.82) is 0 Å². The molecular formula is C19H16Cl2N2O6. The van der Waals surface area contributed by atoms with Crippen LogP contribution in [0.15, 0.2) is 41.6 Å². The largest absolute Gasteiger partial charge is 0.454 e. The molecule has 0 saturated carbocycles. The van der Waals surface area contributed by atoms with Crippen LogP contribution in [0.3, 0.4) is 0 Å². The lowest BCUT2D eigenvalue weighted by molar-refractivity contribution is -0.151. The molecule has 1 amide bonds. The van der Waals surface area contributed by atoms with Crippen LogP contribution in [0.1, 0.15) is 12.5 Å². The highest BCUT2D eigenvalue weighted by molar-refractivity contribution is 6.35. The Balaban J connectivity index is 1.43. The molecule has 0 unspecified atom stereocenters. The van der Waals surface area contributed by atoms with E-state index in [2.05, 4.69) is 10.5 Å². The zero-order valence-electron chi connectivity index (χ0n) is 15.2.